The zero-order valence-corrected chi connectivity index (χ0v) is 18.2. The average Bonchev–Trinajstić information content (AvgIpc) is 2.87. The fraction of sp³-hybridized carbons (Fsp3) is 0.154. The fourth-order valence-electron chi connectivity index (χ4n) is 3.86. The summed E-state index contributed by atoms with van der Waals surface area (Å²) in [4.78, 5) is 26.7. The number of methoxy groups -OCH3 is 1. The van der Waals surface area contributed by atoms with Gasteiger partial charge in [0.1, 0.15) is 35.9 Å². The Morgan fingerprint density at radius 1 is 1.06 bits per heavy atom. The van der Waals surface area contributed by atoms with Crippen LogP contribution in [0, 0.1) is 5.82 Å². The summed E-state index contributed by atoms with van der Waals surface area (Å²) in [7, 11) is 1.30. The molecule has 172 valence electrons. The van der Waals surface area contributed by atoms with Gasteiger partial charge >= 0.3 is 5.97 Å². The summed E-state index contributed by atoms with van der Waals surface area (Å²) in [5.41, 5.74) is 2.19. The largest absolute Gasteiger partial charge is 0.478 e. The topological polar surface area (TPSA) is 78.2 Å². The van der Waals surface area contributed by atoms with Crippen LogP contribution in [0.4, 0.5) is 4.39 Å². The molecule has 0 fully saturated rings. The van der Waals surface area contributed by atoms with E-state index < -0.39 is 5.97 Å². The fourth-order valence-corrected chi connectivity index (χ4v) is 3.86. The SMILES string of the molecule is COC(=O)c1ccc(Oc2coc3c4c(ccc3c2=O)OCN(Cc2ccc(F)cc2)C4)cc1. The summed E-state index contributed by atoms with van der Waals surface area (Å²) in [5.74, 6) is 0.314. The molecule has 5 rings (SSSR count). The van der Waals surface area contributed by atoms with Crippen LogP contribution >= 0.6 is 0 Å². The van der Waals surface area contributed by atoms with Gasteiger partial charge in [0.05, 0.1) is 23.6 Å². The van der Waals surface area contributed by atoms with Crippen molar-refractivity contribution >= 4 is 16.9 Å². The highest BCUT2D eigenvalue weighted by molar-refractivity contribution is 5.89. The molecule has 1 aromatic heterocycles. The van der Waals surface area contributed by atoms with Gasteiger partial charge in [-0.05, 0) is 54.1 Å². The van der Waals surface area contributed by atoms with Crippen molar-refractivity contribution in [2.45, 2.75) is 13.1 Å². The van der Waals surface area contributed by atoms with Crippen LogP contribution in [0.1, 0.15) is 21.5 Å². The van der Waals surface area contributed by atoms with Gasteiger partial charge in [-0.3, -0.25) is 9.69 Å². The maximum atomic E-state index is 13.2. The van der Waals surface area contributed by atoms with E-state index in [-0.39, 0.29) is 17.0 Å². The van der Waals surface area contributed by atoms with Crippen LogP contribution in [-0.4, -0.2) is 24.7 Å². The number of carbonyl (C=O) groups is 1. The van der Waals surface area contributed by atoms with Crippen LogP contribution in [0.25, 0.3) is 11.0 Å². The van der Waals surface area contributed by atoms with E-state index in [4.69, 9.17) is 13.9 Å². The Bertz CT molecular complexity index is 1410. The van der Waals surface area contributed by atoms with E-state index in [1.54, 1.807) is 48.5 Å². The Balaban J connectivity index is 1.40. The van der Waals surface area contributed by atoms with Gasteiger partial charge in [-0.1, -0.05) is 12.1 Å². The Labute approximate surface area is 193 Å². The molecule has 0 radical (unpaired) electrons. The maximum Gasteiger partial charge on any atom is 0.337 e. The molecule has 0 N–H and O–H groups in total. The van der Waals surface area contributed by atoms with E-state index in [0.717, 1.165) is 11.1 Å². The highest BCUT2D eigenvalue weighted by Crippen LogP contribution is 2.33. The van der Waals surface area contributed by atoms with Gasteiger partial charge in [-0.25, -0.2) is 9.18 Å². The van der Waals surface area contributed by atoms with Crippen LogP contribution in [0.3, 0.4) is 0 Å². The van der Waals surface area contributed by atoms with Crippen molar-refractivity contribution in [3.63, 3.8) is 0 Å². The van der Waals surface area contributed by atoms with Crippen molar-refractivity contribution in [3.8, 4) is 17.2 Å². The van der Waals surface area contributed by atoms with E-state index >= 15 is 0 Å². The molecule has 8 heteroatoms. The monoisotopic (exact) mass is 461 g/mol. The molecule has 2 heterocycles. The number of hydrogen-bond donors (Lipinski definition) is 0. The normalized spacial score (nSPS) is 13.2. The molecule has 0 atom stereocenters. The number of esters is 1. The van der Waals surface area contributed by atoms with Gasteiger partial charge in [-0.15, -0.1) is 0 Å². The average molecular weight is 461 g/mol. The maximum absolute atomic E-state index is 13.2. The number of ether oxygens (including phenoxy) is 3. The number of carbonyl (C=O) groups excluding carboxylic acids is 1. The molecule has 3 aromatic carbocycles. The minimum Gasteiger partial charge on any atom is -0.478 e. The third kappa shape index (κ3) is 4.23. The number of hydrogen-bond acceptors (Lipinski definition) is 7. The summed E-state index contributed by atoms with van der Waals surface area (Å²) < 4.78 is 35.3. The first-order valence-electron chi connectivity index (χ1n) is 10.5. The van der Waals surface area contributed by atoms with Crippen LogP contribution < -0.4 is 14.9 Å². The smallest absolute Gasteiger partial charge is 0.337 e. The van der Waals surface area contributed by atoms with Crippen LogP contribution in [0.5, 0.6) is 17.2 Å². The molecule has 0 saturated carbocycles. The number of benzene rings is 3. The molecule has 34 heavy (non-hydrogen) atoms. The van der Waals surface area contributed by atoms with Gasteiger partial charge in [0.2, 0.25) is 11.2 Å². The molecule has 0 bridgehead atoms. The van der Waals surface area contributed by atoms with Crippen LogP contribution in [-0.2, 0) is 17.8 Å². The van der Waals surface area contributed by atoms with Crippen LogP contribution in [0.2, 0.25) is 0 Å². The molecule has 1 aliphatic rings. The van der Waals surface area contributed by atoms with Gasteiger partial charge in [0.15, 0.2) is 0 Å². The molecule has 0 amide bonds. The first kappa shape index (κ1) is 21.7. The van der Waals surface area contributed by atoms with E-state index in [1.807, 2.05) is 4.90 Å². The van der Waals surface area contributed by atoms with Crippen molar-refractivity contribution in [1.82, 2.24) is 4.90 Å². The lowest BCUT2D eigenvalue weighted by Crippen LogP contribution is -2.31. The van der Waals surface area contributed by atoms with Crippen molar-refractivity contribution in [1.29, 1.82) is 0 Å². The quantitative estimate of drug-likeness (QED) is 0.393. The number of fused-ring (bicyclic) bond motifs is 3. The minimum atomic E-state index is -0.461. The second kappa shape index (κ2) is 8.99. The van der Waals surface area contributed by atoms with Crippen molar-refractivity contribution in [2.75, 3.05) is 13.8 Å². The lowest BCUT2D eigenvalue weighted by molar-refractivity contribution is 0.0600. The van der Waals surface area contributed by atoms with Crippen molar-refractivity contribution in [2.24, 2.45) is 0 Å². The predicted molar refractivity (Wildman–Crippen MR) is 121 cm³/mol. The zero-order valence-electron chi connectivity index (χ0n) is 18.2. The third-order valence-corrected chi connectivity index (χ3v) is 5.58. The lowest BCUT2D eigenvalue weighted by atomic mass is 10.1. The van der Waals surface area contributed by atoms with Crippen molar-refractivity contribution in [3.05, 3.63) is 99.7 Å². The van der Waals surface area contributed by atoms with Gasteiger partial charge in [0.25, 0.3) is 0 Å². The number of rotatable bonds is 5. The Morgan fingerprint density at radius 3 is 2.56 bits per heavy atom. The molecule has 0 unspecified atom stereocenters. The lowest BCUT2D eigenvalue weighted by Gasteiger charge is -2.29. The highest BCUT2D eigenvalue weighted by atomic mass is 19.1. The number of nitrogens with zero attached hydrogens (tertiary/aromatic N) is 1. The van der Waals surface area contributed by atoms with E-state index in [1.165, 1.54) is 25.5 Å². The molecular weight excluding hydrogens is 441 g/mol. The molecule has 1 aliphatic heterocycles. The minimum absolute atomic E-state index is 0.0261. The summed E-state index contributed by atoms with van der Waals surface area (Å²) in [6, 6.07) is 16.0. The Morgan fingerprint density at radius 2 is 1.82 bits per heavy atom. The van der Waals surface area contributed by atoms with Crippen molar-refractivity contribution < 1.29 is 27.8 Å². The zero-order chi connectivity index (χ0) is 23.7. The molecule has 4 aromatic rings. The van der Waals surface area contributed by atoms with Gasteiger partial charge in [0, 0.05) is 13.1 Å². The van der Waals surface area contributed by atoms with E-state index in [9.17, 15) is 14.0 Å². The summed E-state index contributed by atoms with van der Waals surface area (Å²) in [6.45, 7) is 1.42. The first-order chi connectivity index (χ1) is 16.5. The van der Waals surface area contributed by atoms with Gasteiger partial charge in [-0.2, -0.15) is 0 Å². The highest BCUT2D eigenvalue weighted by Gasteiger charge is 2.23. The third-order valence-electron chi connectivity index (χ3n) is 5.58. The van der Waals surface area contributed by atoms with Crippen LogP contribution in [0.15, 0.2) is 76.1 Å². The Kier molecular flexibility index (Phi) is 5.73. The molecule has 7 nitrogen and oxygen atoms in total. The number of halogens is 1. The van der Waals surface area contributed by atoms with Gasteiger partial charge < -0.3 is 18.6 Å². The molecule has 0 spiro atoms. The van der Waals surface area contributed by atoms with E-state index in [2.05, 4.69) is 4.74 Å². The summed E-state index contributed by atoms with van der Waals surface area (Å²) in [6.07, 6.45) is 1.28. The molecule has 0 saturated heterocycles. The molecular formula is C26H20FNO6. The Hall–Kier alpha value is -4.17. The standard InChI is InChI=1S/C26H20FNO6/c1-31-26(30)17-4-8-19(9-5-17)34-23-14-32-25-20(24(23)29)10-11-22-21(25)13-28(15-33-22)12-16-2-6-18(27)7-3-16/h2-11,14H,12-13,15H2,1H3. The molecule has 0 aliphatic carbocycles. The second-order valence-electron chi connectivity index (χ2n) is 7.85. The second-order valence-corrected chi connectivity index (χ2v) is 7.85. The predicted octanol–water partition coefficient (Wildman–Crippen LogP) is 4.86. The first-order valence-corrected chi connectivity index (χ1v) is 10.5. The summed E-state index contributed by atoms with van der Waals surface area (Å²) in [5, 5.41) is 0.370. The van der Waals surface area contributed by atoms with E-state index in [0.29, 0.717) is 47.9 Å². The summed E-state index contributed by atoms with van der Waals surface area (Å²) >= 11 is 0.